The van der Waals surface area contributed by atoms with Crippen molar-refractivity contribution in [1.82, 2.24) is 5.16 Å². The number of aromatic nitrogens is 1. The van der Waals surface area contributed by atoms with E-state index in [0.29, 0.717) is 5.76 Å². The molecule has 0 atom stereocenters. The van der Waals surface area contributed by atoms with Crippen LogP contribution in [-0.4, -0.2) is 24.8 Å². The second-order valence-electron chi connectivity index (χ2n) is 4.02. The summed E-state index contributed by atoms with van der Waals surface area (Å²) in [7, 11) is 1.32. The fraction of sp³-hybridized carbons (Fsp3) is 0.231. The number of carbonyl (C=O) groups excluding carboxylic acids is 1. The van der Waals surface area contributed by atoms with Crippen LogP contribution in [0.3, 0.4) is 0 Å². The van der Waals surface area contributed by atoms with E-state index in [9.17, 15) is 13.6 Å². The number of carbonyl (C=O) groups is 1. The van der Waals surface area contributed by atoms with Crippen LogP contribution in [0.25, 0.3) is 0 Å². The van der Waals surface area contributed by atoms with E-state index < -0.39 is 12.5 Å². The van der Waals surface area contributed by atoms with Gasteiger partial charge in [0, 0.05) is 17.8 Å². The van der Waals surface area contributed by atoms with Crippen LogP contribution in [0.2, 0.25) is 0 Å². The normalized spacial score (nSPS) is 10.5. The van der Waals surface area contributed by atoms with Crippen molar-refractivity contribution in [3.8, 4) is 11.5 Å². The lowest BCUT2D eigenvalue weighted by Crippen LogP contribution is -2.12. The minimum absolute atomic E-state index is 0.0830. The summed E-state index contributed by atoms with van der Waals surface area (Å²) in [6.07, 6.45) is 0. The average molecular weight is 298 g/mol. The van der Waals surface area contributed by atoms with Crippen molar-refractivity contribution in [2.75, 3.05) is 12.4 Å². The molecule has 0 radical (unpaired) electrons. The summed E-state index contributed by atoms with van der Waals surface area (Å²) in [5.74, 6) is -0.0937. The zero-order chi connectivity index (χ0) is 15.4. The van der Waals surface area contributed by atoms with Gasteiger partial charge in [-0.05, 0) is 19.1 Å². The maximum absolute atomic E-state index is 12.3. The highest BCUT2D eigenvalue weighted by Crippen LogP contribution is 2.31. The lowest BCUT2D eigenvalue weighted by Gasteiger charge is -2.11. The number of halogens is 2. The van der Waals surface area contributed by atoms with Crippen LogP contribution in [0.5, 0.6) is 11.5 Å². The number of nitrogens with zero attached hydrogens (tertiary/aromatic N) is 1. The number of rotatable bonds is 5. The first-order chi connectivity index (χ1) is 9.99. The molecule has 2 rings (SSSR count). The van der Waals surface area contributed by atoms with Gasteiger partial charge in [0.25, 0.3) is 5.91 Å². The van der Waals surface area contributed by atoms with Gasteiger partial charge in [-0.25, -0.2) is 0 Å². The van der Waals surface area contributed by atoms with Crippen LogP contribution >= 0.6 is 0 Å². The molecule has 112 valence electrons. The molecule has 0 unspecified atom stereocenters. The largest absolute Gasteiger partial charge is 0.493 e. The second-order valence-corrected chi connectivity index (χ2v) is 4.02. The van der Waals surface area contributed by atoms with Gasteiger partial charge in [0.1, 0.15) is 5.76 Å². The maximum Gasteiger partial charge on any atom is 0.387 e. The molecule has 0 spiro atoms. The first kappa shape index (κ1) is 14.8. The minimum Gasteiger partial charge on any atom is -0.493 e. The van der Waals surface area contributed by atoms with Crippen LogP contribution in [0, 0.1) is 6.92 Å². The van der Waals surface area contributed by atoms with Crippen molar-refractivity contribution in [1.29, 1.82) is 0 Å². The summed E-state index contributed by atoms with van der Waals surface area (Å²) < 4.78 is 38.6. The third-order valence-corrected chi connectivity index (χ3v) is 2.50. The zero-order valence-electron chi connectivity index (χ0n) is 11.2. The van der Waals surface area contributed by atoms with Gasteiger partial charge >= 0.3 is 6.61 Å². The van der Waals surface area contributed by atoms with E-state index >= 15 is 0 Å². The van der Waals surface area contributed by atoms with E-state index in [1.165, 1.54) is 31.4 Å². The van der Waals surface area contributed by atoms with E-state index in [-0.39, 0.29) is 22.9 Å². The lowest BCUT2D eigenvalue weighted by molar-refractivity contribution is -0.0511. The fourth-order valence-corrected chi connectivity index (χ4v) is 1.61. The van der Waals surface area contributed by atoms with Crippen molar-refractivity contribution in [3.63, 3.8) is 0 Å². The number of aryl methyl sites for hydroxylation is 1. The molecule has 0 aliphatic heterocycles. The Bertz CT molecular complexity index is 643. The predicted octanol–water partition coefficient (Wildman–Crippen LogP) is 2.85. The van der Waals surface area contributed by atoms with Crippen molar-refractivity contribution in [2.45, 2.75) is 13.5 Å². The minimum atomic E-state index is -3.00. The van der Waals surface area contributed by atoms with Crippen LogP contribution in [-0.2, 0) is 0 Å². The van der Waals surface area contributed by atoms with E-state index in [0.717, 1.165) is 0 Å². The van der Waals surface area contributed by atoms with Crippen LogP contribution in [0.1, 0.15) is 16.2 Å². The third-order valence-electron chi connectivity index (χ3n) is 2.50. The SMILES string of the molecule is COc1ccc(NC(=O)c2cc(C)on2)cc1OC(F)F. The number of methoxy groups -OCH3 is 1. The summed E-state index contributed by atoms with van der Waals surface area (Å²) >= 11 is 0. The van der Waals surface area contributed by atoms with Gasteiger partial charge in [-0.15, -0.1) is 0 Å². The Balaban J connectivity index is 2.18. The van der Waals surface area contributed by atoms with Crippen LogP contribution in [0.4, 0.5) is 14.5 Å². The first-order valence-electron chi connectivity index (χ1n) is 5.87. The molecule has 0 saturated heterocycles. The molecular weight excluding hydrogens is 286 g/mol. The first-order valence-corrected chi connectivity index (χ1v) is 5.87. The maximum atomic E-state index is 12.3. The van der Waals surface area contributed by atoms with Gasteiger partial charge in [-0.3, -0.25) is 4.79 Å². The quantitative estimate of drug-likeness (QED) is 0.918. The molecule has 0 fully saturated rings. The molecule has 21 heavy (non-hydrogen) atoms. The van der Waals surface area contributed by atoms with Crippen molar-refractivity contribution < 1.29 is 27.6 Å². The summed E-state index contributed by atoms with van der Waals surface area (Å²) in [6, 6.07) is 5.58. The van der Waals surface area contributed by atoms with Gasteiger partial charge in [0.15, 0.2) is 17.2 Å². The molecule has 0 aliphatic rings. The molecule has 2 aromatic rings. The number of hydrogen-bond acceptors (Lipinski definition) is 5. The number of amides is 1. The monoisotopic (exact) mass is 298 g/mol. The summed E-state index contributed by atoms with van der Waals surface area (Å²) in [4.78, 5) is 11.9. The fourth-order valence-electron chi connectivity index (χ4n) is 1.61. The third kappa shape index (κ3) is 3.68. The van der Waals surface area contributed by atoms with Crippen LogP contribution < -0.4 is 14.8 Å². The van der Waals surface area contributed by atoms with Gasteiger partial charge in [-0.2, -0.15) is 8.78 Å². The molecule has 1 amide bonds. The molecule has 1 heterocycles. The molecular formula is C13H12F2N2O4. The van der Waals surface area contributed by atoms with Crippen LogP contribution in [0.15, 0.2) is 28.8 Å². The number of anilines is 1. The Hall–Kier alpha value is -2.64. The number of ether oxygens (including phenoxy) is 2. The van der Waals surface area contributed by atoms with Gasteiger partial charge in [0.2, 0.25) is 0 Å². The average Bonchev–Trinajstić information content (AvgIpc) is 2.85. The molecule has 8 heteroatoms. The predicted molar refractivity (Wildman–Crippen MR) is 68.8 cm³/mol. The molecule has 1 aromatic heterocycles. The lowest BCUT2D eigenvalue weighted by atomic mass is 10.2. The number of hydrogen-bond donors (Lipinski definition) is 1. The van der Waals surface area contributed by atoms with E-state index in [4.69, 9.17) is 9.26 Å². The highest BCUT2D eigenvalue weighted by atomic mass is 19.3. The van der Waals surface area contributed by atoms with Crippen molar-refractivity contribution >= 4 is 11.6 Å². The molecule has 0 aliphatic carbocycles. The standard InChI is InChI=1S/C13H12F2N2O4/c1-7-5-9(17-21-7)12(18)16-8-3-4-10(19-2)11(6-8)20-13(14)15/h3-6,13H,1-2H3,(H,16,18). The highest BCUT2D eigenvalue weighted by molar-refractivity contribution is 6.02. The topological polar surface area (TPSA) is 73.6 Å². The highest BCUT2D eigenvalue weighted by Gasteiger charge is 2.14. The van der Waals surface area contributed by atoms with E-state index in [1.54, 1.807) is 6.92 Å². The number of nitrogens with one attached hydrogen (secondary N) is 1. The molecule has 1 aromatic carbocycles. The molecule has 0 saturated carbocycles. The Morgan fingerprint density at radius 1 is 1.33 bits per heavy atom. The Morgan fingerprint density at radius 3 is 2.67 bits per heavy atom. The summed E-state index contributed by atoms with van der Waals surface area (Å²) in [6.45, 7) is -1.35. The van der Waals surface area contributed by atoms with Gasteiger partial charge in [0.05, 0.1) is 7.11 Å². The smallest absolute Gasteiger partial charge is 0.387 e. The second kappa shape index (κ2) is 6.21. The summed E-state index contributed by atoms with van der Waals surface area (Å²) in [5, 5.41) is 6.05. The molecule has 6 nitrogen and oxygen atoms in total. The van der Waals surface area contributed by atoms with Gasteiger partial charge in [-0.1, -0.05) is 5.16 Å². The number of benzene rings is 1. The molecule has 1 N–H and O–H groups in total. The molecule has 0 bridgehead atoms. The Labute approximate surface area is 118 Å². The summed E-state index contributed by atoms with van der Waals surface area (Å²) in [5.41, 5.74) is 0.344. The van der Waals surface area contributed by atoms with Gasteiger partial charge < -0.3 is 19.3 Å². The van der Waals surface area contributed by atoms with Crippen molar-refractivity contribution in [2.24, 2.45) is 0 Å². The Kier molecular flexibility index (Phi) is 4.36. The van der Waals surface area contributed by atoms with E-state index in [2.05, 4.69) is 15.2 Å². The van der Waals surface area contributed by atoms with Crippen molar-refractivity contribution in [3.05, 3.63) is 35.7 Å². The zero-order valence-corrected chi connectivity index (χ0v) is 11.2. The van der Waals surface area contributed by atoms with E-state index in [1.807, 2.05) is 0 Å². The Morgan fingerprint density at radius 2 is 2.10 bits per heavy atom. The number of alkyl halides is 2.